The fraction of sp³-hybridized carbons (Fsp3) is 0.486. The lowest BCUT2D eigenvalue weighted by molar-refractivity contribution is -0.119. The molecule has 1 amide bonds. The van der Waals surface area contributed by atoms with Gasteiger partial charge in [-0.1, -0.05) is 17.7 Å². The number of methoxy groups -OCH3 is 1. The lowest BCUT2D eigenvalue weighted by atomic mass is 9.96. The molecule has 4 aliphatic heterocycles. The molecule has 3 saturated heterocycles. The number of carbonyl (C=O) groups excluding carboxylic acids is 1. The van der Waals surface area contributed by atoms with E-state index in [2.05, 4.69) is 20.2 Å². The number of amides is 1. The van der Waals surface area contributed by atoms with Crippen molar-refractivity contribution in [1.29, 1.82) is 5.26 Å². The minimum atomic E-state index is -0.788. The monoisotopic (exact) mass is 744 g/mol. The second kappa shape index (κ2) is 15.6. The highest BCUT2D eigenvalue weighted by atomic mass is 35.5. The smallest absolute Gasteiger partial charge is 0.318 e. The zero-order valence-corrected chi connectivity index (χ0v) is 30.2. The Morgan fingerprint density at radius 3 is 2.55 bits per heavy atom. The second-order valence-electron chi connectivity index (χ2n) is 12.9. The maximum absolute atomic E-state index is 16.6. The number of ether oxygens (including phenoxy) is 2. The van der Waals surface area contributed by atoms with E-state index in [9.17, 15) is 18.8 Å². The van der Waals surface area contributed by atoms with E-state index in [0.29, 0.717) is 56.3 Å². The number of nitrogen functional groups attached to an aromatic ring is 1. The number of nitrogens with two attached hydrogens (primary N) is 1. The van der Waals surface area contributed by atoms with E-state index in [1.807, 2.05) is 25.1 Å². The largest absolute Gasteiger partial charge is 0.489 e. The lowest BCUT2D eigenvalue weighted by Gasteiger charge is -2.37. The molecule has 51 heavy (non-hydrogen) atoms. The molecule has 0 aliphatic carbocycles. The topological polar surface area (TPSA) is 133 Å². The molecule has 2 aromatic carbocycles. The van der Waals surface area contributed by atoms with Gasteiger partial charge in [-0.05, 0) is 64.4 Å². The average molecular weight is 745 g/mol. The number of aromatic nitrogens is 2. The van der Waals surface area contributed by atoms with Crippen LogP contribution in [0.15, 0.2) is 12.1 Å². The maximum atomic E-state index is 16.6. The van der Waals surface area contributed by atoms with Crippen molar-refractivity contribution in [3.05, 3.63) is 34.4 Å². The quantitative estimate of drug-likeness (QED) is 0.249. The number of piperidine rings is 1. The van der Waals surface area contributed by atoms with Crippen molar-refractivity contribution in [1.82, 2.24) is 25.1 Å². The van der Waals surface area contributed by atoms with Crippen molar-refractivity contribution in [3.63, 3.8) is 0 Å². The molecule has 0 spiro atoms. The Hall–Kier alpha value is -4.10. The summed E-state index contributed by atoms with van der Waals surface area (Å²) in [7, 11) is 5.14. The van der Waals surface area contributed by atoms with Gasteiger partial charge in [0.05, 0.1) is 34.3 Å². The number of fused-ring (bicyclic) bond motifs is 2. The zero-order chi connectivity index (χ0) is 36.4. The first-order chi connectivity index (χ1) is 24.6. The number of alkyl halides is 1. The van der Waals surface area contributed by atoms with Gasteiger partial charge in [-0.15, -0.1) is 11.3 Å². The molecule has 0 saturated carbocycles. The summed E-state index contributed by atoms with van der Waals surface area (Å²) in [6.45, 7) is 3.69. The van der Waals surface area contributed by atoms with Crippen LogP contribution < -0.4 is 25.4 Å². The van der Waals surface area contributed by atoms with Gasteiger partial charge in [0.15, 0.2) is 11.6 Å². The summed E-state index contributed by atoms with van der Waals surface area (Å²) in [5, 5.41) is 13.0. The zero-order valence-electron chi connectivity index (χ0n) is 28.6. The van der Waals surface area contributed by atoms with Crippen molar-refractivity contribution in [3.8, 4) is 29.0 Å². The molecule has 4 aliphatic rings. The first-order valence-electron chi connectivity index (χ1n) is 16.9. The molecule has 2 aromatic heterocycles. The number of likely N-dealkylation sites (tertiary alicyclic amines) is 1. The van der Waals surface area contributed by atoms with Gasteiger partial charge < -0.3 is 30.3 Å². The van der Waals surface area contributed by atoms with Crippen molar-refractivity contribution in [2.75, 3.05) is 71.2 Å². The lowest BCUT2D eigenvalue weighted by Crippen LogP contribution is -2.46. The van der Waals surface area contributed by atoms with Gasteiger partial charge in [-0.25, -0.2) is 13.2 Å². The molecule has 3 N–H and O–H groups in total. The number of rotatable bonds is 4. The van der Waals surface area contributed by atoms with E-state index >= 15 is 4.39 Å². The predicted octanol–water partition coefficient (Wildman–Crippen LogP) is 5.75. The van der Waals surface area contributed by atoms with Crippen LogP contribution in [-0.4, -0.2) is 105 Å². The molecule has 16 heteroatoms. The van der Waals surface area contributed by atoms with Crippen molar-refractivity contribution in [2.24, 2.45) is 0 Å². The number of halogens is 4. The Morgan fingerprint density at radius 1 is 1.14 bits per heavy atom. The number of hydrogen-bond acceptors (Lipinski definition) is 11. The number of thiophene rings is 1. The molecular formula is C35H40ClF3N8O3S. The summed E-state index contributed by atoms with van der Waals surface area (Å²) >= 11 is 7.78. The third kappa shape index (κ3) is 6.94. The highest BCUT2D eigenvalue weighted by Gasteiger charge is 2.36. The minimum absolute atomic E-state index is 0.0174. The Morgan fingerprint density at radius 2 is 1.88 bits per heavy atom. The number of nitrogens with one attached hydrogen (secondary N) is 1. The first kappa shape index (κ1) is 36.7. The highest BCUT2D eigenvalue weighted by Crippen LogP contribution is 2.51. The third-order valence-electron chi connectivity index (χ3n) is 9.72. The van der Waals surface area contributed by atoms with Crippen LogP contribution >= 0.6 is 22.9 Å². The SMILES string of the molecule is CNC.COc1nc2c3c(c(Cl)c(-c4ccc(F)c5sc(N)c(C#N)c45)c(F)c3n1)OCCN2C1CCN(C=O)CC1.FC1CC2CCCN2C1. The number of nitrogens with zero attached hydrogens (tertiary/aromatic N) is 6. The van der Waals surface area contributed by atoms with Crippen LogP contribution in [0.4, 0.5) is 24.0 Å². The van der Waals surface area contributed by atoms with Gasteiger partial charge in [0.2, 0.25) is 6.41 Å². The fourth-order valence-corrected chi connectivity index (χ4v) is 8.73. The predicted molar refractivity (Wildman–Crippen MR) is 194 cm³/mol. The molecule has 2 unspecified atom stereocenters. The summed E-state index contributed by atoms with van der Waals surface area (Å²) in [4.78, 5) is 26.2. The number of benzene rings is 2. The van der Waals surface area contributed by atoms with Crippen molar-refractivity contribution >= 4 is 61.2 Å². The fourth-order valence-electron chi connectivity index (χ4n) is 7.45. The molecule has 6 heterocycles. The van der Waals surface area contributed by atoms with Crippen LogP contribution in [0, 0.1) is 23.0 Å². The second-order valence-corrected chi connectivity index (χ2v) is 14.3. The third-order valence-corrected chi connectivity index (χ3v) is 11.1. The maximum Gasteiger partial charge on any atom is 0.318 e. The van der Waals surface area contributed by atoms with Crippen LogP contribution in [0.5, 0.6) is 11.8 Å². The normalized spacial score (nSPS) is 20.1. The molecule has 8 rings (SSSR count). The highest BCUT2D eigenvalue weighted by molar-refractivity contribution is 7.23. The van der Waals surface area contributed by atoms with Gasteiger partial charge >= 0.3 is 6.01 Å². The van der Waals surface area contributed by atoms with Crippen molar-refractivity contribution in [2.45, 2.75) is 50.4 Å². The van der Waals surface area contributed by atoms with Gasteiger partial charge in [-0.3, -0.25) is 9.69 Å². The summed E-state index contributed by atoms with van der Waals surface area (Å²) in [5.74, 6) is -0.763. The Labute approximate surface area is 303 Å². The molecule has 0 bridgehead atoms. The Kier molecular flexibility index (Phi) is 11.3. The van der Waals surface area contributed by atoms with E-state index in [-0.39, 0.29) is 66.7 Å². The van der Waals surface area contributed by atoms with E-state index < -0.39 is 17.8 Å². The van der Waals surface area contributed by atoms with E-state index in [0.717, 1.165) is 30.7 Å². The van der Waals surface area contributed by atoms with Crippen LogP contribution in [0.2, 0.25) is 5.02 Å². The Bertz CT molecular complexity index is 1960. The molecule has 272 valence electrons. The number of anilines is 2. The first-order valence-corrected chi connectivity index (χ1v) is 18.1. The Balaban J connectivity index is 0.000000316. The summed E-state index contributed by atoms with van der Waals surface area (Å²) in [5.41, 5.74) is 6.08. The standard InChI is InChI=1S/C26H21ClF2N6O3S.C7H12FN.C2H7N/c1-37-26-32-21-18-22(38-9-8-35(25(18)33-26)12-4-6-34(11-36)7-5-12)19(27)17(20(21)29)13-2-3-15(28)23-16(13)14(10-30)24(31)39-23;8-6-4-7-2-1-3-9(7)5-6;1-3-2/h2-3,11-12H,4-9,31H2,1H3;6-7H,1-5H2;3H,1-2H3. The molecule has 11 nitrogen and oxygen atoms in total. The van der Waals surface area contributed by atoms with Crippen LogP contribution in [0.25, 0.3) is 32.1 Å². The molecule has 0 radical (unpaired) electrons. The van der Waals surface area contributed by atoms with E-state index in [4.69, 9.17) is 26.8 Å². The van der Waals surface area contributed by atoms with Crippen molar-refractivity contribution < 1.29 is 27.4 Å². The van der Waals surface area contributed by atoms with Crippen LogP contribution in [0.1, 0.15) is 37.7 Å². The van der Waals surface area contributed by atoms with Gasteiger partial charge in [0.1, 0.15) is 41.0 Å². The van der Waals surface area contributed by atoms with E-state index in [1.165, 1.54) is 32.1 Å². The van der Waals surface area contributed by atoms with E-state index in [1.54, 1.807) is 4.90 Å². The summed E-state index contributed by atoms with van der Waals surface area (Å²) in [6, 6.07) is 5.14. The number of hydrogen-bond donors (Lipinski definition) is 2. The molecule has 2 atom stereocenters. The van der Waals surface area contributed by atoms with Gasteiger partial charge in [0.25, 0.3) is 0 Å². The molecule has 3 fully saturated rings. The summed E-state index contributed by atoms with van der Waals surface area (Å²) < 4.78 is 55.5. The molecular weight excluding hydrogens is 705 g/mol. The average Bonchev–Trinajstić information content (AvgIpc) is 3.77. The number of nitriles is 1. The van der Waals surface area contributed by atoms with Crippen LogP contribution in [-0.2, 0) is 4.79 Å². The van der Waals surface area contributed by atoms with Gasteiger partial charge in [0, 0.05) is 42.7 Å². The minimum Gasteiger partial charge on any atom is -0.489 e. The van der Waals surface area contributed by atoms with Crippen LogP contribution in [0.3, 0.4) is 0 Å². The number of carbonyl (C=O) groups is 1. The summed E-state index contributed by atoms with van der Waals surface area (Å²) in [6.07, 6.45) is 5.04. The van der Waals surface area contributed by atoms with Gasteiger partial charge in [-0.2, -0.15) is 15.2 Å². The molecule has 4 aromatic rings.